The molecule has 1 amide bonds. The van der Waals surface area contributed by atoms with Crippen LogP contribution in [0.15, 0.2) is 53.1 Å². The van der Waals surface area contributed by atoms with Gasteiger partial charge in [-0.15, -0.1) is 0 Å². The number of aromatic nitrogens is 1. The second-order valence-corrected chi connectivity index (χ2v) is 7.20. The third kappa shape index (κ3) is 5.72. The fraction of sp³-hybridized carbons (Fsp3) is 0.292. The van der Waals surface area contributed by atoms with Gasteiger partial charge in [0.2, 0.25) is 0 Å². The van der Waals surface area contributed by atoms with Crippen molar-refractivity contribution in [3.8, 4) is 5.75 Å². The summed E-state index contributed by atoms with van der Waals surface area (Å²) in [5.74, 6) is 0.336. The van der Waals surface area contributed by atoms with Crippen LogP contribution in [-0.2, 0) is 22.6 Å². The van der Waals surface area contributed by atoms with Crippen LogP contribution in [0, 0.1) is 13.8 Å². The summed E-state index contributed by atoms with van der Waals surface area (Å²) in [6.07, 6.45) is -0.0138. The zero-order valence-electron chi connectivity index (χ0n) is 18.1. The minimum absolute atomic E-state index is 0.321. The highest BCUT2D eigenvalue weighted by molar-refractivity contribution is 5.97. The highest BCUT2D eigenvalue weighted by Crippen LogP contribution is 2.19. The van der Waals surface area contributed by atoms with Crippen LogP contribution in [0.4, 0.5) is 5.69 Å². The SMILES string of the molecule is CCc1ccc(NC(=O)[C@H](C)OC(=O)c2ccc(OCc3c(C)noc3C)cc2)cc1. The number of hydrogen-bond donors (Lipinski definition) is 1. The molecule has 0 aliphatic heterocycles. The Balaban J connectivity index is 1.52. The first-order chi connectivity index (χ1) is 14.9. The molecule has 7 heteroatoms. The van der Waals surface area contributed by atoms with E-state index in [0.29, 0.717) is 29.4 Å². The summed E-state index contributed by atoms with van der Waals surface area (Å²) in [4.78, 5) is 24.7. The van der Waals surface area contributed by atoms with Crippen molar-refractivity contribution in [3.63, 3.8) is 0 Å². The average Bonchev–Trinajstić information content (AvgIpc) is 3.10. The minimum atomic E-state index is -0.936. The molecule has 1 heterocycles. The lowest BCUT2D eigenvalue weighted by Crippen LogP contribution is -2.30. The Hall–Kier alpha value is -3.61. The van der Waals surface area contributed by atoms with Crippen molar-refractivity contribution < 1.29 is 23.6 Å². The molecule has 3 aromatic rings. The van der Waals surface area contributed by atoms with E-state index in [-0.39, 0.29) is 0 Å². The summed E-state index contributed by atoms with van der Waals surface area (Å²) in [7, 11) is 0. The molecule has 1 N–H and O–H groups in total. The molecule has 0 unspecified atom stereocenters. The number of benzene rings is 2. The van der Waals surface area contributed by atoms with Crippen LogP contribution in [0.2, 0.25) is 0 Å². The van der Waals surface area contributed by atoms with Gasteiger partial charge in [0.15, 0.2) is 6.10 Å². The molecule has 0 radical (unpaired) electrons. The summed E-state index contributed by atoms with van der Waals surface area (Å²) in [5.41, 5.74) is 3.84. The minimum Gasteiger partial charge on any atom is -0.489 e. The van der Waals surface area contributed by atoms with Crippen LogP contribution in [-0.4, -0.2) is 23.1 Å². The number of nitrogens with zero attached hydrogens (tertiary/aromatic N) is 1. The van der Waals surface area contributed by atoms with Gasteiger partial charge in [-0.3, -0.25) is 4.79 Å². The number of rotatable bonds is 8. The molecule has 1 atom stereocenters. The molecule has 0 saturated heterocycles. The maximum absolute atomic E-state index is 12.4. The Morgan fingerprint density at radius 1 is 1.06 bits per heavy atom. The van der Waals surface area contributed by atoms with E-state index in [9.17, 15) is 9.59 Å². The summed E-state index contributed by atoms with van der Waals surface area (Å²) in [5, 5.41) is 6.64. The van der Waals surface area contributed by atoms with Gasteiger partial charge in [-0.2, -0.15) is 0 Å². The lowest BCUT2D eigenvalue weighted by atomic mass is 10.1. The highest BCUT2D eigenvalue weighted by Gasteiger charge is 2.19. The van der Waals surface area contributed by atoms with Crippen molar-refractivity contribution in [2.24, 2.45) is 0 Å². The standard InChI is InChI=1S/C24H26N2O5/c1-5-18-6-10-20(11-7-18)25-23(27)17(4)30-24(28)19-8-12-21(13-9-19)29-14-22-15(2)26-31-16(22)3/h6-13,17H,5,14H2,1-4H3,(H,25,27)/t17-/m0/s1. The Morgan fingerprint density at radius 3 is 2.32 bits per heavy atom. The van der Waals surface area contributed by atoms with Gasteiger partial charge >= 0.3 is 5.97 Å². The lowest BCUT2D eigenvalue weighted by molar-refractivity contribution is -0.123. The maximum Gasteiger partial charge on any atom is 0.338 e. The molecular formula is C24H26N2O5. The number of nitrogens with one attached hydrogen (secondary N) is 1. The van der Waals surface area contributed by atoms with Crippen LogP contribution >= 0.6 is 0 Å². The molecule has 0 spiro atoms. The normalized spacial score (nSPS) is 11.6. The van der Waals surface area contributed by atoms with Crippen molar-refractivity contribution in [3.05, 3.63) is 76.7 Å². The fourth-order valence-corrected chi connectivity index (χ4v) is 2.90. The molecular weight excluding hydrogens is 396 g/mol. The Morgan fingerprint density at radius 2 is 1.74 bits per heavy atom. The number of anilines is 1. The summed E-state index contributed by atoms with van der Waals surface area (Å²) >= 11 is 0. The number of ether oxygens (including phenoxy) is 2. The second-order valence-electron chi connectivity index (χ2n) is 7.20. The van der Waals surface area contributed by atoms with E-state index in [0.717, 1.165) is 17.7 Å². The molecule has 162 valence electrons. The van der Waals surface area contributed by atoms with E-state index >= 15 is 0 Å². The monoisotopic (exact) mass is 422 g/mol. The van der Waals surface area contributed by atoms with Crippen molar-refractivity contribution in [2.45, 2.75) is 46.8 Å². The highest BCUT2D eigenvalue weighted by atomic mass is 16.5. The van der Waals surface area contributed by atoms with E-state index in [1.54, 1.807) is 24.3 Å². The number of hydrogen-bond acceptors (Lipinski definition) is 6. The molecule has 0 fully saturated rings. The maximum atomic E-state index is 12.4. The van der Waals surface area contributed by atoms with Gasteiger partial charge in [-0.25, -0.2) is 4.79 Å². The topological polar surface area (TPSA) is 90.7 Å². The molecule has 3 rings (SSSR count). The molecule has 31 heavy (non-hydrogen) atoms. The van der Waals surface area contributed by atoms with Gasteiger partial charge in [-0.05, 0) is 69.2 Å². The Labute approximate surface area is 181 Å². The average molecular weight is 422 g/mol. The van der Waals surface area contributed by atoms with Crippen molar-refractivity contribution in [2.75, 3.05) is 5.32 Å². The van der Waals surface area contributed by atoms with E-state index in [2.05, 4.69) is 17.4 Å². The number of carbonyl (C=O) groups excluding carboxylic acids is 2. The first kappa shape index (κ1) is 22.1. The zero-order chi connectivity index (χ0) is 22.4. The van der Waals surface area contributed by atoms with Gasteiger partial charge in [0, 0.05) is 5.69 Å². The number of aryl methyl sites for hydroxylation is 3. The van der Waals surface area contributed by atoms with E-state index < -0.39 is 18.0 Å². The van der Waals surface area contributed by atoms with Gasteiger partial charge in [-0.1, -0.05) is 24.2 Å². The van der Waals surface area contributed by atoms with Gasteiger partial charge in [0.05, 0.1) is 16.8 Å². The molecule has 1 aromatic heterocycles. The summed E-state index contributed by atoms with van der Waals surface area (Å²) < 4.78 is 16.1. The predicted octanol–water partition coefficient (Wildman–Crippen LogP) is 4.62. The van der Waals surface area contributed by atoms with Crippen LogP contribution in [0.1, 0.15) is 46.8 Å². The van der Waals surface area contributed by atoms with Crippen molar-refractivity contribution in [1.29, 1.82) is 0 Å². The van der Waals surface area contributed by atoms with Crippen LogP contribution in [0.25, 0.3) is 0 Å². The lowest BCUT2D eigenvalue weighted by Gasteiger charge is -2.14. The molecule has 0 saturated carbocycles. The molecule has 7 nitrogen and oxygen atoms in total. The van der Waals surface area contributed by atoms with Crippen LogP contribution in [0.3, 0.4) is 0 Å². The molecule has 0 bridgehead atoms. The predicted molar refractivity (Wildman–Crippen MR) is 116 cm³/mol. The van der Waals surface area contributed by atoms with E-state index in [1.807, 2.05) is 38.1 Å². The number of esters is 1. The van der Waals surface area contributed by atoms with Crippen molar-refractivity contribution in [1.82, 2.24) is 5.16 Å². The summed E-state index contributed by atoms with van der Waals surface area (Å²) in [6, 6.07) is 14.1. The fourth-order valence-electron chi connectivity index (χ4n) is 2.90. The largest absolute Gasteiger partial charge is 0.489 e. The zero-order valence-corrected chi connectivity index (χ0v) is 18.1. The van der Waals surface area contributed by atoms with Gasteiger partial charge < -0.3 is 19.3 Å². The Bertz CT molecular complexity index is 1020. The quantitative estimate of drug-likeness (QED) is 0.533. The van der Waals surface area contributed by atoms with E-state index in [1.165, 1.54) is 12.5 Å². The molecule has 2 aromatic carbocycles. The van der Waals surface area contributed by atoms with Crippen molar-refractivity contribution >= 4 is 17.6 Å². The number of amides is 1. The third-order valence-electron chi connectivity index (χ3n) is 4.94. The Kier molecular flexibility index (Phi) is 7.07. The summed E-state index contributed by atoms with van der Waals surface area (Å²) in [6.45, 7) is 7.60. The van der Waals surface area contributed by atoms with Gasteiger partial charge in [0.1, 0.15) is 18.1 Å². The van der Waals surface area contributed by atoms with Crippen LogP contribution < -0.4 is 10.1 Å². The first-order valence-corrected chi connectivity index (χ1v) is 10.1. The number of carbonyl (C=O) groups is 2. The third-order valence-corrected chi connectivity index (χ3v) is 4.94. The van der Waals surface area contributed by atoms with Crippen LogP contribution in [0.5, 0.6) is 5.75 Å². The molecule has 0 aliphatic rings. The first-order valence-electron chi connectivity index (χ1n) is 10.1. The second kappa shape index (κ2) is 9.93. The molecule has 0 aliphatic carbocycles. The van der Waals surface area contributed by atoms with E-state index in [4.69, 9.17) is 14.0 Å². The smallest absolute Gasteiger partial charge is 0.338 e. The van der Waals surface area contributed by atoms with Gasteiger partial charge in [0.25, 0.3) is 5.91 Å².